The largest absolute Gasteiger partial charge is 0.491 e. The molecule has 6 nitrogen and oxygen atoms in total. The van der Waals surface area contributed by atoms with Gasteiger partial charge in [0.2, 0.25) is 5.89 Å². The van der Waals surface area contributed by atoms with E-state index in [9.17, 15) is 4.79 Å². The van der Waals surface area contributed by atoms with Crippen molar-refractivity contribution in [3.8, 4) is 17.2 Å². The van der Waals surface area contributed by atoms with Gasteiger partial charge in [-0.1, -0.05) is 24.3 Å². The van der Waals surface area contributed by atoms with E-state index in [4.69, 9.17) is 21.4 Å². The lowest BCUT2D eigenvalue weighted by Crippen LogP contribution is -2.34. The molecule has 0 aliphatic rings. The number of rotatable bonds is 5. The second kappa shape index (κ2) is 9.20. The number of hydrogen-bond donors (Lipinski definition) is 2. The molecule has 1 aromatic heterocycles. The van der Waals surface area contributed by atoms with Crippen LogP contribution in [-0.4, -0.2) is 22.1 Å². The molecule has 3 aromatic carbocycles. The second-order valence-electron chi connectivity index (χ2n) is 7.62. The van der Waals surface area contributed by atoms with Crippen LogP contribution in [0.1, 0.15) is 29.8 Å². The highest BCUT2D eigenvalue weighted by atomic mass is 32.1. The number of hydrogen-bond acceptors (Lipinski definition) is 5. The highest BCUT2D eigenvalue weighted by molar-refractivity contribution is 7.80. The predicted molar refractivity (Wildman–Crippen MR) is 130 cm³/mol. The molecule has 0 unspecified atom stereocenters. The van der Waals surface area contributed by atoms with Crippen LogP contribution in [0.2, 0.25) is 0 Å². The first-order valence-electron chi connectivity index (χ1n) is 10.2. The van der Waals surface area contributed by atoms with Gasteiger partial charge in [-0.05, 0) is 81.0 Å². The molecular weight excluding hydrogens is 422 g/mol. The van der Waals surface area contributed by atoms with Crippen LogP contribution in [0.4, 0.5) is 5.69 Å². The zero-order valence-corrected chi connectivity index (χ0v) is 18.8. The first kappa shape index (κ1) is 21.5. The van der Waals surface area contributed by atoms with Gasteiger partial charge in [0.1, 0.15) is 11.3 Å². The van der Waals surface area contributed by atoms with E-state index >= 15 is 0 Å². The highest BCUT2D eigenvalue weighted by Gasteiger charge is 2.13. The Morgan fingerprint density at radius 3 is 2.66 bits per heavy atom. The lowest BCUT2D eigenvalue weighted by atomic mass is 10.1. The van der Waals surface area contributed by atoms with Crippen LogP contribution < -0.4 is 15.4 Å². The maximum Gasteiger partial charge on any atom is 0.257 e. The summed E-state index contributed by atoms with van der Waals surface area (Å²) < 4.78 is 11.5. The maximum atomic E-state index is 12.6. The lowest BCUT2D eigenvalue weighted by molar-refractivity contribution is 0.0977. The van der Waals surface area contributed by atoms with E-state index in [1.807, 2.05) is 69.3 Å². The van der Waals surface area contributed by atoms with Crippen molar-refractivity contribution in [1.29, 1.82) is 0 Å². The average molecular weight is 446 g/mol. The molecule has 0 saturated heterocycles. The molecule has 0 bridgehead atoms. The minimum absolute atomic E-state index is 0.0221. The molecule has 0 aliphatic carbocycles. The van der Waals surface area contributed by atoms with Crippen LogP contribution in [0.25, 0.3) is 22.6 Å². The summed E-state index contributed by atoms with van der Waals surface area (Å²) in [5.41, 5.74) is 4.56. The van der Waals surface area contributed by atoms with Crippen molar-refractivity contribution in [2.75, 3.05) is 5.32 Å². The van der Waals surface area contributed by atoms with Gasteiger partial charge in [-0.15, -0.1) is 0 Å². The number of aryl methyl sites for hydroxylation is 1. The summed E-state index contributed by atoms with van der Waals surface area (Å²) in [5, 5.41) is 5.91. The molecule has 0 radical (unpaired) electrons. The number of carbonyl (C=O) groups excluding carboxylic acids is 1. The third-order valence-corrected chi connectivity index (χ3v) is 4.92. The van der Waals surface area contributed by atoms with Gasteiger partial charge < -0.3 is 14.5 Å². The van der Waals surface area contributed by atoms with E-state index in [0.29, 0.717) is 34.0 Å². The Kier molecular flexibility index (Phi) is 6.18. The molecule has 1 heterocycles. The zero-order valence-electron chi connectivity index (χ0n) is 18.0. The number of nitrogens with zero attached hydrogens (tertiary/aromatic N) is 1. The number of aromatic nitrogens is 1. The summed E-state index contributed by atoms with van der Waals surface area (Å²) in [5.74, 6) is 0.878. The summed E-state index contributed by atoms with van der Waals surface area (Å²) in [7, 11) is 0. The number of thiocarbonyl (C=S) groups is 1. The molecule has 1 amide bonds. The Morgan fingerprint density at radius 2 is 1.88 bits per heavy atom. The summed E-state index contributed by atoms with van der Waals surface area (Å²) >= 11 is 5.32. The molecule has 0 atom stereocenters. The maximum absolute atomic E-state index is 12.6. The fraction of sp³-hybridized carbons (Fsp3) is 0.160. The predicted octanol–water partition coefficient (Wildman–Crippen LogP) is 5.72. The van der Waals surface area contributed by atoms with Crippen molar-refractivity contribution in [2.45, 2.75) is 26.9 Å². The lowest BCUT2D eigenvalue weighted by Gasteiger charge is -2.12. The normalized spacial score (nSPS) is 10.9. The second-order valence-corrected chi connectivity index (χ2v) is 8.03. The molecule has 0 fully saturated rings. The van der Waals surface area contributed by atoms with Gasteiger partial charge >= 0.3 is 0 Å². The summed E-state index contributed by atoms with van der Waals surface area (Å²) in [4.78, 5) is 17.2. The van der Waals surface area contributed by atoms with E-state index in [2.05, 4.69) is 15.6 Å². The van der Waals surface area contributed by atoms with Gasteiger partial charge in [0.05, 0.1) is 6.10 Å². The Labute approximate surface area is 191 Å². The molecule has 32 heavy (non-hydrogen) atoms. The summed E-state index contributed by atoms with van der Waals surface area (Å²) in [6, 6.07) is 20.4. The number of carbonyl (C=O) groups is 1. The molecule has 2 N–H and O–H groups in total. The van der Waals surface area contributed by atoms with E-state index < -0.39 is 0 Å². The number of oxazole rings is 1. The number of benzene rings is 3. The average Bonchev–Trinajstić information content (AvgIpc) is 3.16. The summed E-state index contributed by atoms with van der Waals surface area (Å²) in [6.45, 7) is 5.88. The van der Waals surface area contributed by atoms with Gasteiger partial charge in [0.25, 0.3) is 5.91 Å². The first-order valence-corrected chi connectivity index (χ1v) is 10.7. The van der Waals surface area contributed by atoms with E-state index in [-0.39, 0.29) is 17.1 Å². The minimum atomic E-state index is -0.318. The molecule has 0 aliphatic heterocycles. The molecule has 4 aromatic rings. The van der Waals surface area contributed by atoms with Crippen molar-refractivity contribution in [3.05, 3.63) is 77.9 Å². The van der Waals surface area contributed by atoms with Crippen LogP contribution in [0.3, 0.4) is 0 Å². The third-order valence-electron chi connectivity index (χ3n) is 4.72. The smallest absolute Gasteiger partial charge is 0.257 e. The molecular formula is C25H23N3O3S. The number of anilines is 1. The Balaban J connectivity index is 1.46. The number of amides is 1. The van der Waals surface area contributed by atoms with E-state index in [0.717, 1.165) is 11.1 Å². The van der Waals surface area contributed by atoms with Crippen LogP contribution in [0.15, 0.2) is 71.1 Å². The van der Waals surface area contributed by atoms with Gasteiger partial charge in [-0.25, -0.2) is 4.98 Å². The van der Waals surface area contributed by atoms with Crippen LogP contribution >= 0.6 is 12.2 Å². The van der Waals surface area contributed by atoms with Crippen molar-refractivity contribution in [3.63, 3.8) is 0 Å². The van der Waals surface area contributed by atoms with Crippen LogP contribution in [0, 0.1) is 6.92 Å². The standard InChI is InChI=1S/C25H23N3O3S/c1-15(2)30-19-9-6-8-17(13-19)23(29)28-25(32)26-18-11-12-22-21(14-18)27-24(31-22)20-10-5-4-7-16(20)3/h4-15H,1-3H3,(H2,26,28,29,32). The van der Waals surface area contributed by atoms with E-state index in [1.54, 1.807) is 18.2 Å². The highest BCUT2D eigenvalue weighted by Crippen LogP contribution is 2.28. The number of fused-ring (bicyclic) bond motifs is 1. The number of nitrogens with one attached hydrogen (secondary N) is 2. The first-order chi connectivity index (χ1) is 15.4. The van der Waals surface area contributed by atoms with Gasteiger partial charge in [-0.2, -0.15) is 0 Å². The quantitative estimate of drug-likeness (QED) is 0.383. The monoisotopic (exact) mass is 445 g/mol. The van der Waals surface area contributed by atoms with Gasteiger partial charge in [0, 0.05) is 16.8 Å². The van der Waals surface area contributed by atoms with Crippen molar-refractivity contribution >= 4 is 40.0 Å². The fourth-order valence-corrected chi connectivity index (χ4v) is 3.46. The topological polar surface area (TPSA) is 76.4 Å². The molecule has 7 heteroatoms. The minimum Gasteiger partial charge on any atom is -0.491 e. The van der Waals surface area contributed by atoms with Gasteiger partial charge in [-0.3, -0.25) is 10.1 Å². The number of ether oxygens (including phenoxy) is 1. The van der Waals surface area contributed by atoms with Crippen molar-refractivity contribution in [2.24, 2.45) is 0 Å². The van der Waals surface area contributed by atoms with Gasteiger partial charge in [0.15, 0.2) is 10.7 Å². The zero-order chi connectivity index (χ0) is 22.7. The Bertz CT molecular complexity index is 1300. The summed E-state index contributed by atoms with van der Waals surface area (Å²) in [6.07, 6.45) is 0.0221. The Morgan fingerprint density at radius 1 is 1.06 bits per heavy atom. The SMILES string of the molecule is Cc1ccccc1-c1nc2cc(NC(=S)NC(=O)c3cccc(OC(C)C)c3)ccc2o1. The van der Waals surface area contributed by atoms with E-state index in [1.165, 1.54) is 0 Å². The third kappa shape index (κ3) is 4.95. The fourth-order valence-electron chi connectivity index (χ4n) is 3.25. The molecule has 0 spiro atoms. The molecule has 4 rings (SSSR count). The molecule has 162 valence electrons. The Hall–Kier alpha value is -3.71. The molecule has 0 saturated carbocycles. The van der Waals surface area contributed by atoms with Crippen LogP contribution in [0.5, 0.6) is 5.75 Å². The van der Waals surface area contributed by atoms with Crippen molar-refractivity contribution < 1.29 is 13.9 Å². The van der Waals surface area contributed by atoms with Crippen LogP contribution in [-0.2, 0) is 0 Å². The van der Waals surface area contributed by atoms with Crippen molar-refractivity contribution in [1.82, 2.24) is 10.3 Å².